The second-order valence-corrected chi connectivity index (χ2v) is 8.09. The Morgan fingerprint density at radius 2 is 1.26 bits per heavy atom. The second kappa shape index (κ2) is 12.6. The van der Waals surface area contributed by atoms with Gasteiger partial charge in [-0.3, -0.25) is 19.2 Å². The van der Waals surface area contributed by atoms with Gasteiger partial charge in [0.25, 0.3) is 0 Å². The van der Waals surface area contributed by atoms with E-state index in [2.05, 4.69) is 0 Å². The molecule has 2 heterocycles. The molecule has 0 spiro atoms. The highest BCUT2D eigenvalue weighted by Gasteiger charge is 2.55. The molecule has 0 unspecified atom stereocenters. The van der Waals surface area contributed by atoms with Gasteiger partial charge in [0, 0.05) is 34.8 Å². The van der Waals surface area contributed by atoms with E-state index >= 15 is 0 Å². The molecule has 14 heteroatoms. The van der Waals surface area contributed by atoms with Gasteiger partial charge in [0.1, 0.15) is 31.0 Å². The van der Waals surface area contributed by atoms with Crippen LogP contribution in [0.15, 0.2) is 0 Å². The molecule has 0 saturated carbocycles. The van der Waals surface area contributed by atoms with Crippen molar-refractivity contribution in [1.29, 1.82) is 0 Å². The molecule has 2 N–H and O–H groups in total. The predicted molar refractivity (Wildman–Crippen MR) is 110 cm³/mol. The zero-order valence-corrected chi connectivity index (χ0v) is 20.3. The normalized spacial score (nSPS) is 37.1. The summed E-state index contributed by atoms with van der Waals surface area (Å²) < 4.78 is 43.0. The van der Waals surface area contributed by atoms with Crippen molar-refractivity contribution < 1.29 is 67.3 Å². The monoisotopic (exact) mass is 508 g/mol. The lowest BCUT2D eigenvalue weighted by molar-refractivity contribution is -0.356. The number of esters is 4. The van der Waals surface area contributed by atoms with Gasteiger partial charge in [-0.15, -0.1) is 0 Å². The van der Waals surface area contributed by atoms with Crippen LogP contribution in [0.5, 0.6) is 0 Å². The smallest absolute Gasteiger partial charge is 0.303 e. The third kappa shape index (κ3) is 7.56. The predicted octanol–water partition coefficient (Wildman–Crippen LogP) is -1.43. The highest BCUT2D eigenvalue weighted by Crippen LogP contribution is 2.33. The van der Waals surface area contributed by atoms with Gasteiger partial charge in [0.15, 0.2) is 30.9 Å². The molecule has 2 fully saturated rings. The number of rotatable bonds is 8. The van der Waals surface area contributed by atoms with Crippen LogP contribution in [0.2, 0.25) is 0 Å². The fraction of sp³-hybridized carbons (Fsp3) is 0.810. The van der Waals surface area contributed by atoms with Crippen LogP contribution in [-0.2, 0) is 57.1 Å². The van der Waals surface area contributed by atoms with E-state index in [1.165, 1.54) is 14.0 Å². The summed E-state index contributed by atoms with van der Waals surface area (Å²) in [5, 5.41) is 21.2. The lowest BCUT2D eigenvalue weighted by Gasteiger charge is -2.47. The minimum atomic E-state index is -1.58. The van der Waals surface area contributed by atoms with Gasteiger partial charge in [0.05, 0.1) is 6.10 Å². The van der Waals surface area contributed by atoms with E-state index in [4.69, 9.17) is 37.9 Å². The molecule has 35 heavy (non-hydrogen) atoms. The summed E-state index contributed by atoms with van der Waals surface area (Å²) in [5.74, 6) is -3.08. The van der Waals surface area contributed by atoms with Crippen molar-refractivity contribution in [2.45, 2.75) is 96.0 Å². The number of ether oxygens (including phenoxy) is 8. The highest BCUT2D eigenvalue weighted by atomic mass is 16.8. The van der Waals surface area contributed by atoms with Gasteiger partial charge in [-0.25, -0.2) is 0 Å². The summed E-state index contributed by atoms with van der Waals surface area (Å²) in [4.78, 5) is 47.0. The summed E-state index contributed by atoms with van der Waals surface area (Å²) in [5.41, 5.74) is 0. The number of methoxy groups -OCH3 is 1. The van der Waals surface area contributed by atoms with Crippen LogP contribution in [0.1, 0.15) is 34.6 Å². The zero-order chi connectivity index (χ0) is 26.4. The molecule has 0 aliphatic carbocycles. The van der Waals surface area contributed by atoms with Crippen LogP contribution in [-0.4, -0.2) is 109 Å². The average molecular weight is 508 g/mol. The third-order valence-electron chi connectivity index (χ3n) is 5.25. The maximum Gasteiger partial charge on any atom is 0.303 e. The van der Waals surface area contributed by atoms with Crippen molar-refractivity contribution in [3.8, 4) is 0 Å². The Hall–Kier alpha value is -2.36. The molecular weight excluding hydrogens is 476 g/mol. The van der Waals surface area contributed by atoms with E-state index in [0.29, 0.717) is 0 Å². The van der Waals surface area contributed by atoms with Crippen LogP contribution in [0.4, 0.5) is 0 Å². The van der Waals surface area contributed by atoms with Gasteiger partial charge in [-0.1, -0.05) is 0 Å². The van der Waals surface area contributed by atoms with Crippen molar-refractivity contribution in [2.75, 3.05) is 13.7 Å². The summed E-state index contributed by atoms with van der Waals surface area (Å²) >= 11 is 0. The Morgan fingerprint density at radius 3 is 1.77 bits per heavy atom. The van der Waals surface area contributed by atoms with Crippen molar-refractivity contribution in [1.82, 2.24) is 0 Å². The van der Waals surface area contributed by atoms with Gasteiger partial charge in [-0.05, 0) is 6.92 Å². The van der Waals surface area contributed by atoms with Crippen LogP contribution in [0, 0.1) is 0 Å². The van der Waals surface area contributed by atoms with Gasteiger partial charge >= 0.3 is 23.9 Å². The third-order valence-corrected chi connectivity index (χ3v) is 5.25. The standard InChI is InChI=1S/C21H32O14/c1-8-14(26)17(15(27)20(28-6)30-8)35-21-19(33-12(5)25)18(32-11(4)24)16(31-10(3)23)13(34-21)7-29-9(2)22/h8,13-21,26-27H,7H2,1-6H3/t8-,13+,14+,15-,16-,17+,18-,19+,20+,21-/m0/s1. The molecule has 200 valence electrons. The topological polar surface area (TPSA) is 183 Å². The average Bonchev–Trinajstić information content (AvgIpc) is 2.75. The van der Waals surface area contributed by atoms with E-state index in [0.717, 1.165) is 27.7 Å². The minimum Gasteiger partial charge on any atom is -0.463 e. The van der Waals surface area contributed by atoms with Crippen LogP contribution >= 0.6 is 0 Å². The number of hydrogen-bond donors (Lipinski definition) is 2. The van der Waals surface area contributed by atoms with Crippen molar-refractivity contribution in [3.63, 3.8) is 0 Å². The van der Waals surface area contributed by atoms with Crippen molar-refractivity contribution in [2.24, 2.45) is 0 Å². The fourth-order valence-corrected chi connectivity index (χ4v) is 3.81. The first kappa shape index (κ1) is 28.9. The van der Waals surface area contributed by atoms with Crippen LogP contribution < -0.4 is 0 Å². The summed E-state index contributed by atoms with van der Waals surface area (Å²) in [6, 6.07) is 0. The van der Waals surface area contributed by atoms with Crippen molar-refractivity contribution >= 4 is 23.9 Å². The van der Waals surface area contributed by atoms with Gasteiger partial charge in [-0.2, -0.15) is 0 Å². The first-order valence-corrected chi connectivity index (χ1v) is 10.9. The van der Waals surface area contributed by atoms with E-state index in [-0.39, 0.29) is 0 Å². The van der Waals surface area contributed by atoms with E-state index < -0.39 is 91.9 Å². The molecule has 14 nitrogen and oxygen atoms in total. The molecule has 2 saturated heterocycles. The van der Waals surface area contributed by atoms with E-state index in [9.17, 15) is 29.4 Å². The van der Waals surface area contributed by atoms with Gasteiger partial charge < -0.3 is 48.1 Å². The number of carbonyl (C=O) groups excluding carboxylic acids is 4. The number of aliphatic hydroxyl groups excluding tert-OH is 2. The second-order valence-electron chi connectivity index (χ2n) is 8.09. The first-order chi connectivity index (χ1) is 16.3. The quantitative estimate of drug-likeness (QED) is 0.287. The summed E-state index contributed by atoms with van der Waals surface area (Å²) in [6.45, 7) is 5.47. The zero-order valence-electron chi connectivity index (χ0n) is 20.3. The Kier molecular flexibility index (Phi) is 10.4. The molecule has 0 aromatic heterocycles. The Balaban J connectivity index is 2.46. The Morgan fingerprint density at radius 1 is 0.714 bits per heavy atom. The molecule has 0 aromatic carbocycles. The molecule has 2 rings (SSSR count). The lowest BCUT2D eigenvalue weighted by Crippen LogP contribution is -2.66. The molecule has 2 aliphatic rings. The Bertz CT molecular complexity index is 771. The highest BCUT2D eigenvalue weighted by molar-refractivity contribution is 5.68. The fourth-order valence-electron chi connectivity index (χ4n) is 3.81. The number of hydrogen-bond acceptors (Lipinski definition) is 14. The van der Waals surface area contributed by atoms with Crippen LogP contribution in [0.25, 0.3) is 0 Å². The SMILES string of the molecule is CO[C@@H]1O[C@@H](C)[C@@H](O)[C@@H](O[C@@H]2O[C@H](COC(C)=O)[C@H](OC(C)=O)[C@H](OC(C)=O)[C@H]2OC(C)=O)[C@@H]1O. The van der Waals surface area contributed by atoms with E-state index in [1.54, 1.807) is 0 Å². The molecular formula is C21H32O14. The maximum absolute atomic E-state index is 11.9. The van der Waals surface area contributed by atoms with Gasteiger partial charge in [0.2, 0.25) is 0 Å². The Labute approximate surface area is 201 Å². The first-order valence-electron chi connectivity index (χ1n) is 10.9. The molecule has 0 radical (unpaired) electrons. The maximum atomic E-state index is 11.9. The van der Waals surface area contributed by atoms with E-state index in [1.807, 2.05) is 0 Å². The lowest BCUT2D eigenvalue weighted by atomic mass is 9.96. The summed E-state index contributed by atoms with van der Waals surface area (Å²) in [7, 11) is 1.28. The molecule has 10 atom stereocenters. The van der Waals surface area contributed by atoms with Crippen molar-refractivity contribution in [3.05, 3.63) is 0 Å². The number of carbonyl (C=O) groups is 4. The largest absolute Gasteiger partial charge is 0.463 e. The number of aliphatic hydroxyl groups is 2. The van der Waals surface area contributed by atoms with Crippen LogP contribution in [0.3, 0.4) is 0 Å². The minimum absolute atomic E-state index is 0.451. The summed E-state index contributed by atoms with van der Waals surface area (Å²) in [6.07, 6.45) is -13.4. The molecule has 0 amide bonds. The molecule has 0 bridgehead atoms. The molecule has 2 aliphatic heterocycles. The molecule has 0 aromatic rings.